The van der Waals surface area contributed by atoms with Crippen LogP contribution in [0.3, 0.4) is 0 Å². The highest BCUT2D eigenvalue weighted by Gasteiger charge is 2.44. The first-order valence-electron chi connectivity index (χ1n) is 10.7. The molecule has 0 amide bonds. The summed E-state index contributed by atoms with van der Waals surface area (Å²) in [6.07, 6.45) is 6.20. The summed E-state index contributed by atoms with van der Waals surface area (Å²) in [5.41, 5.74) is 1.16. The van der Waals surface area contributed by atoms with Crippen molar-refractivity contribution in [3.63, 3.8) is 0 Å². The number of nitrogens with zero attached hydrogens (tertiary/aromatic N) is 3. The Bertz CT molecular complexity index is 664. The van der Waals surface area contributed by atoms with Gasteiger partial charge in [0.2, 0.25) is 0 Å². The minimum atomic E-state index is -0.140. The van der Waals surface area contributed by atoms with Gasteiger partial charge in [0, 0.05) is 31.6 Å². The molecule has 148 valence electrons. The maximum absolute atomic E-state index is 13.6. The predicted molar refractivity (Wildman–Crippen MR) is 109 cm³/mol. The first-order chi connectivity index (χ1) is 13.2. The average Bonchev–Trinajstić information content (AvgIpc) is 3.04. The Morgan fingerprint density at radius 3 is 2.78 bits per heavy atom. The zero-order chi connectivity index (χ0) is 18.7. The monoisotopic (exact) mass is 372 g/mol. The van der Waals surface area contributed by atoms with Crippen molar-refractivity contribution in [3.05, 3.63) is 35.6 Å². The fraction of sp³-hybridized carbons (Fsp3) is 0.682. The number of guanidine groups is 1. The molecular weight excluding hydrogens is 339 g/mol. The van der Waals surface area contributed by atoms with Gasteiger partial charge in [-0.1, -0.05) is 12.1 Å². The second-order valence-corrected chi connectivity index (χ2v) is 8.57. The molecule has 1 aromatic carbocycles. The molecule has 2 heterocycles. The Hall–Kier alpha value is -1.62. The van der Waals surface area contributed by atoms with Crippen LogP contribution < -0.4 is 5.32 Å². The summed E-state index contributed by atoms with van der Waals surface area (Å²) in [5.74, 6) is 1.66. The van der Waals surface area contributed by atoms with E-state index in [-0.39, 0.29) is 11.2 Å². The molecule has 0 aromatic heterocycles. The summed E-state index contributed by atoms with van der Waals surface area (Å²) in [5, 5.41) is 3.49. The van der Waals surface area contributed by atoms with Gasteiger partial charge in [-0.05, 0) is 75.7 Å². The highest BCUT2D eigenvalue weighted by Crippen LogP contribution is 2.48. The van der Waals surface area contributed by atoms with E-state index in [0.717, 1.165) is 56.5 Å². The largest absolute Gasteiger partial charge is 0.357 e. The van der Waals surface area contributed by atoms with E-state index in [1.807, 2.05) is 6.07 Å². The van der Waals surface area contributed by atoms with Crippen molar-refractivity contribution in [1.82, 2.24) is 15.1 Å². The zero-order valence-electron chi connectivity index (χ0n) is 16.6. The fourth-order valence-electron chi connectivity index (χ4n) is 4.66. The first kappa shape index (κ1) is 18.7. The maximum Gasteiger partial charge on any atom is 0.193 e. The van der Waals surface area contributed by atoms with E-state index in [9.17, 15) is 4.39 Å². The first-order valence-corrected chi connectivity index (χ1v) is 10.7. The zero-order valence-corrected chi connectivity index (χ0v) is 16.6. The van der Waals surface area contributed by atoms with Crippen molar-refractivity contribution in [3.8, 4) is 0 Å². The number of likely N-dealkylation sites (tertiary alicyclic amines) is 2. The van der Waals surface area contributed by atoms with Crippen LogP contribution in [0.2, 0.25) is 0 Å². The van der Waals surface area contributed by atoms with Crippen LogP contribution in [0.1, 0.15) is 44.6 Å². The number of nitrogens with one attached hydrogen (secondary N) is 1. The second-order valence-electron chi connectivity index (χ2n) is 8.57. The molecule has 1 unspecified atom stereocenters. The summed E-state index contributed by atoms with van der Waals surface area (Å²) >= 11 is 0. The van der Waals surface area contributed by atoms with E-state index in [4.69, 9.17) is 4.99 Å². The summed E-state index contributed by atoms with van der Waals surface area (Å²) in [7, 11) is 0. The number of hydrogen-bond donors (Lipinski definition) is 1. The Kier molecular flexibility index (Phi) is 5.67. The van der Waals surface area contributed by atoms with E-state index >= 15 is 0 Å². The normalized spacial score (nSPS) is 25.2. The van der Waals surface area contributed by atoms with Gasteiger partial charge in [0.15, 0.2) is 5.96 Å². The number of halogens is 1. The van der Waals surface area contributed by atoms with Crippen LogP contribution >= 0.6 is 0 Å². The van der Waals surface area contributed by atoms with Crippen molar-refractivity contribution in [2.24, 2.45) is 10.9 Å². The lowest BCUT2D eigenvalue weighted by Gasteiger charge is -2.24. The Morgan fingerprint density at radius 1 is 1.26 bits per heavy atom. The molecule has 4 nitrogen and oxygen atoms in total. The lowest BCUT2D eigenvalue weighted by Crippen LogP contribution is -2.41. The Labute approximate surface area is 162 Å². The molecule has 1 saturated carbocycles. The molecule has 1 N–H and O–H groups in total. The van der Waals surface area contributed by atoms with E-state index in [1.54, 1.807) is 6.07 Å². The predicted octanol–water partition coefficient (Wildman–Crippen LogP) is 3.24. The van der Waals surface area contributed by atoms with Crippen molar-refractivity contribution >= 4 is 5.96 Å². The molecule has 1 aromatic rings. The molecule has 1 aliphatic carbocycles. The number of aliphatic imine (C=N–C) groups is 1. The highest BCUT2D eigenvalue weighted by atomic mass is 19.1. The van der Waals surface area contributed by atoms with E-state index < -0.39 is 0 Å². The third kappa shape index (κ3) is 4.45. The van der Waals surface area contributed by atoms with E-state index in [2.05, 4.69) is 28.1 Å². The molecule has 2 aliphatic heterocycles. The SMILES string of the molecule is CCNC(=NCC1(c2cccc(F)c2)CC1)N1CCC(CN2CCCC2)C1. The standard InChI is InChI=1S/C22H33FN4/c1-2-24-21(27-13-8-18(16-27)15-26-11-3-4-12-26)25-17-22(9-10-22)19-6-5-7-20(23)14-19/h5-7,14,18H,2-4,8-13,15-17H2,1H3,(H,24,25). The molecule has 1 atom stereocenters. The van der Waals surface area contributed by atoms with Gasteiger partial charge in [0.05, 0.1) is 6.54 Å². The second kappa shape index (κ2) is 8.17. The van der Waals surface area contributed by atoms with Crippen LogP contribution in [0.5, 0.6) is 0 Å². The molecule has 0 spiro atoms. The number of hydrogen-bond acceptors (Lipinski definition) is 2. The Morgan fingerprint density at radius 2 is 2.07 bits per heavy atom. The summed E-state index contributed by atoms with van der Waals surface area (Å²) in [4.78, 5) is 10.1. The smallest absolute Gasteiger partial charge is 0.193 e. The van der Waals surface area contributed by atoms with Gasteiger partial charge in [-0.3, -0.25) is 4.99 Å². The molecule has 2 saturated heterocycles. The number of benzene rings is 1. The van der Waals surface area contributed by atoms with Crippen molar-refractivity contribution in [2.45, 2.75) is 44.4 Å². The van der Waals surface area contributed by atoms with E-state index in [1.165, 1.54) is 45.0 Å². The lowest BCUT2D eigenvalue weighted by atomic mass is 9.96. The van der Waals surface area contributed by atoms with Gasteiger partial charge in [0.1, 0.15) is 5.82 Å². The third-order valence-corrected chi connectivity index (χ3v) is 6.46. The summed E-state index contributed by atoms with van der Waals surface area (Å²) in [6, 6.07) is 7.10. The minimum Gasteiger partial charge on any atom is -0.357 e. The quantitative estimate of drug-likeness (QED) is 0.614. The molecule has 27 heavy (non-hydrogen) atoms. The molecule has 0 bridgehead atoms. The van der Waals surface area contributed by atoms with Crippen LogP contribution in [0.25, 0.3) is 0 Å². The van der Waals surface area contributed by atoms with Crippen molar-refractivity contribution < 1.29 is 4.39 Å². The third-order valence-electron chi connectivity index (χ3n) is 6.46. The van der Waals surface area contributed by atoms with Gasteiger partial charge < -0.3 is 15.1 Å². The maximum atomic E-state index is 13.6. The lowest BCUT2D eigenvalue weighted by molar-refractivity contribution is 0.281. The van der Waals surface area contributed by atoms with Crippen LogP contribution in [-0.4, -0.2) is 61.6 Å². The van der Waals surface area contributed by atoms with Gasteiger partial charge in [-0.25, -0.2) is 4.39 Å². The fourth-order valence-corrected chi connectivity index (χ4v) is 4.66. The van der Waals surface area contributed by atoms with Crippen molar-refractivity contribution in [2.75, 3.05) is 45.8 Å². The topological polar surface area (TPSA) is 30.9 Å². The van der Waals surface area contributed by atoms with Gasteiger partial charge in [0.25, 0.3) is 0 Å². The van der Waals surface area contributed by atoms with Crippen LogP contribution in [0, 0.1) is 11.7 Å². The average molecular weight is 373 g/mol. The molecule has 0 radical (unpaired) electrons. The molecule has 3 fully saturated rings. The van der Waals surface area contributed by atoms with Gasteiger partial charge in [-0.2, -0.15) is 0 Å². The van der Waals surface area contributed by atoms with Crippen LogP contribution in [-0.2, 0) is 5.41 Å². The van der Waals surface area contributed by atoms with Gasteiger partial charge in [-0.15, -0.1) is 0 Å². The molecule has 4 rings (SSSR count). The van der Waals surface area contributed by atoms with Crippen molar-refractivity contribution in [1.29, 1.82) is 0 Å². The van der Waals surface area contributed by atoms with Crippen LogP contribution in [0.4, 0.5) is 4.39 Å². The molecule has 3 aliphatic rings. The summed E-state index contributed by atoms with van der Waals surface area (Å²) in [6.45, 7) is 9.77. The van der Waals surface area contributed by atoms with E-state index in [0.29, 0.717) is 0 Å². The summed E-state index contributed by atoms with van der Waals surface area (Å²) < 4.78 is 13.6. The number of rotatable bonds is 6. The van der Waals surface area contributed by atoms with Gasteiger partial charge >= 0.3 is 0 Å². The minimum absolute atomic E-state index is 0.0530. The Balaban J connectivity index is 1.39. The highest BCUT2D eigenvalue weighted by molar-refractivity contribution is 5.80. The van der Waals surface area contributed by atoms with Crippen LogP contribution in [0.15, 0.2) is 29.3 Å². The molecule has 5 heteroatoms. The molecular formula is C22H33FN4.